The molecule has 2 fully saturated rings. The number of furan rings is 1. The molecule has 2 aliphatic rings. The standard InChI is InChI=1S/C27H29N7O4/c1-17(35)18-4-6-19(7-5-18)29-27(36)30-20-8-11-34(12-9-20)26-31-22-21-3-2-10-28-25(21)38-23(22)24(32-26)33-13-15-37-16-14-33/h2-7,10,20H,8-9,11-16H2,1H3,(H2,29,30,36). The molecule has 11 nitrogen and oxygen atoms in total. The summed E-state index contributed by atoms with van der Waals surface area (Å²) >= 11 is 0. The normalized spacial score (nSPS) is 16.7. The molecule has 196 valence electrons. The van der Waals surface area contributed by atoms with Gasteiger partial charge in [0.15, 0.2) is 17.2 Å². The SMILES string of the molecule is CC(=O)c1ccc(NC(=O)NC2CCN(c3nc(N4CCOCC4)c4oc5ncccc5c4n3)CC2)cc1. The highest BCUT2D eigenvalue weighted by Gasteiger charge is 2.27. The summed E-state index contributed by atoms with van der Waals surface area (Å²) in [5.74, 6) is 1.41. The Kier molecular flexibility index (Phi) is 6.50. The lowest BCUT2D eigenvalue weighted by molar-refractivity contribution is 0.101. The van der Waals surface area contributed by atoms with Gasteiger partial charge in [-0.1, -0.05) is 0 Å². The number of nitrogens with one attached hydrogen (secondary N) is 2. The number of nitrogens with zero attached hydrogens (tertiary/aromatic N) is 5. The van der Waals surface area contributed by atoms with E-state index in [0.29, 0.717) is 54.8 Å². The molecule has 0 radical (unpaired) electrons. The second kappa shape index (κ2) is 10.3. The Morgan fingerprint density at radius 3 is 2.47 bits per heavy atom. The lowest BCUT2D eigenvalue weighted by Gasteiger charge is -2.33. The van der Waals surface area contributed by atoms with Crippen molar-refractivity contribution in [2.24, 2.45) is 0 Å². The number of amides is 2. The number of anilines is 3. The molecule has 1 aromatic carbocycles. The molecule has 2 amide bonds. The summed E-state index contributed by atoms with van der Waals surface area (Å²) in [6.45, 7) is 5.67. The van der Waals surface area contributed by atoms with E-state index in [9.17, 15) is 9.59 Å². The van der Waals surface area contributed by atoms with Gasteiger partial charge in [-0.2, -0.15) is 4.98 Å². The average Bonchev–Trinajstić information content (AvgIpc) is 3.32. The van der Waals surface area contributed by atoms with Crippen molar-refractivity contribution in [1.29, 1.82) is 0 Å². The minimum atomic E-state index is -0.260. The van der Waals surface area contributed by atoms with E-state index >= 15 is 0 Å². The van der Waals surface area contributed by atoms with Crippen LogP contribution in [0.5, 0.6) is 0 Å². The van der Waals surface area contributed by atoms with E-state index in [-0.39, 0.29) is 17.9 Å². The van der Waals surface area contributed by atoms with Crippen LogP contribution in [0.1, 0.15) is 30.1 Å². The van der Waals surface area contributed by atoms with Gasteiger partial charge in [-0.25, -0.2) is 14.8 Å². The van der Waals surface area contributed by atoms with Crippen LogP contribution in [0.3, 0.4) is 0 Å². The van der Waals surface area contributed by atoms with E-state index < -0.39 is 0 Å². The summed E-state index contributed by atoms with van der Waals surface area (Å²) in [5, 5.41) is 6.77. The van der Waals surface area contributed by atoms with E-state index in [0.717, 1.165) is 42.7 Å². The highest BCUT2D eigenvalue weighted by Crippen LogP contribution is 2.34. The molecule has 0 bridgehead atoms. The molecule has 2 saturated heterocycles. The maximum atomic E-state index is 12.6. The number of ketones is 1. The first-order valence-electron chi connectivity index (χ1n) is 12.9. The zero-order valence-electron chi connectivity index (χ0n) is 21.1. The van der Waals surface area contributed by atoms with Crippen molar-refractivity contribution in [2.75, 3.05) is 54.5 Å². The van der Waals surface area contributed by atoms with Gasteiger partial charge < -0.3 is 29.6 Å². The number of morpholine rings is 1. The van der Waals surface area contributed by atoms with E-state index in [2.05, 4.69) is 25.4 Å². The first kappa shape index (κ1) is 24.1. The van der Waals surface area contributed by atoms with Crippen molar-refractivity contribution >= 4 is 51.5 Å². The van der Waals surface area contributed by atoms with Gasteiger partial charge >= 0.3 is 6.03 Å². The molecule has 3 aromatic heterocycles. The number of hydrogen-bond acceptors (Lipinski definition) is 9. The summed E-state index contributed by atoms with van der Waals surface area (Å²) in [6.07, 6.45) is 3.24. The number of rotatable bonds is 5. The molecule has 2 aliphatic heterocycles. The van der Waals surface area contributed by atoms with Crippen molar-refractivity contribution in [3.63, 3.8) is 0 Å². The lowest BCUT2D eigenvalue weighted by Crippen LogP contribution is -2.46. The Morgan fingerprint density at radius 2 is 1.74 bits per heavy atom. The van der Waals surface area contributed by atoms with Crippen LogP contribution >= 0.6 is 0 Å². The molecule has 4 aromatic rings. The lowest BCUT2D eigenvalue weighted by atomic mass is 10.1. The second-order valence-electron chi connectivity index (χ2n) is 9.58. The van der Waals surface area contributed by atoms with Crippen LogP contribution in [0.25, 0.3) is 22.2 Å². The van der Waals surface area contributed by atoms with Crippen LogP contribution in [-0.2, 0) is 4.74 Å². The number of benzene rings is 1. The van der Waals surface area contributed by atoms with Gasteiger partial charge in [0, 0.05) is 49.7 Å². The van der Waals surface area contributed by atoms with Crippen LogP contribution in [0, 0.1) is 0 Å². The third kappa shape index (κ3) is 4.84. The van der Waals surface area contributed by atoms with Gasteiger partial charge in [0.05, 0.1) is 18.6 Å². The largest absolute Gasteiger partial charge is 0.432 e. The Bertz CT molecular complexity index is 1470. The molecule has 0 atom stereocenters. The Morgan fingerprint density at radius 1 is 0.974 bits per heavy atom. The first-order chi connectivity index (χ1) is 18.5. The van der Waals surface area contributed by atoms with E-state index in [4.69, 9.17) is 19.1 Å². The van der Waals surface area contributed by atoms with Crippen molar-refractivity contribution in [1.82, 2.24) is 20.3 Å². The topological polar surface area (TPSA) is 126 Å². The second-order valence-corrected chi connectivity index (χ2v) is 9.58. The summed E-state index contributed by atoms with van der Waals surface area (Å²) in [7, 11) is 0. The van der Waals surface area contributed by atoms with Crippen LogP contribution in [-0.4, -0.2) is 72.2 Å². The molecule has 0 spiro atoms. The van der Waals surface area contributed by atoms with Gasteiger partial charge in [-0.05, 0) is 56.2 Å². The molecule has 0 saturated carbocycles. The minimum Gasteiger partial charge on any atom is -0.432 e. The minimum absolute atomic E-state index is 0.00872. The quantitative estimate of drug-likeness (QED) is 0.383. The van der Waals surface area contributed by atoms with Gasteiger partial charge in [-0.3, -0.25) is 4.79 Å². The predicted octanol–water partition coefficient (Wildman–Crippen LogP) is 3.60. The smallest absolute Gasteiger partial charge is 0.319 e. The fraction of sp³-hybridized carbons (Fsp3) is 0.370. The van der Waals surface area contributed by atoms with Crippen LogP contribution in [0.15, 0.2) is 47.0 Å². The van der Waals surface area contributed by atoms with Crippen molar-refractivity contribution in [2.45, 2.75) is 25.8 Å². The van der Waals surface area contributed by atoms with E-state index in [1.807, 2.05) is 12.1 Å². The highest BCUT2D eigenvalue weighted by molar-refractivity contribution is 6.05. The molecule has 11 heteroatoms. The molecule has 5 heterocycles. The number of ether oxygens (including phenoxy) is 1. The van der Waals surface area contributed by atoms with Crippen molar-refractivity contribution < 1.29 is 18.7 Å². The first-order valence-corrected chi connectivity index (χ1v) is 12.9. The van der Waals surface area contributed by atoms with Crippen molar-refractivity contribution in [3.05, 3.63) is 48.2 Å². The van der Waals surface area contributed by atoms with Gasteiger partial charge in [0.2, 0.25) is 11.7 Å². The molecule has 2 N–H and O–H groups in total. The number of Topliss-reactive ketones (excluding diaryl/α,β-unsaturated/α-hetero) is 1. The number of carbonyl (C=O) groups is 2. The molecule has 6 rings (SSSR count). The van der Waals surface area contributed by atoms with E-state index in [1.165, 1.54) is 6.92 Å². The number of carbonyl (C=O) groups excluding carboxylic acids is 2. The summed E-state index contributed by atoms with van der Waals surface area (Å²) < 4.78 is 11.6. The summed E-state index contributed by atoms with van der Waals surface area (Å²) in [5.41, 5.74) is 3.21. The molecular formula is C27H29N7O4. The number of fused-ring (bicyclic) bond motifs is 3. The maximum Gasteiger partial charge on any atom is 0.319 e. The van der Waals surface area contributed by atoms with Gasteiger partial charge in [0.1, 0.15) is 5.52 Å². The third-order valence-electron chi connectivity index (χ3n) is 7.03. The van der Waals surface area contributed by atoms with Gasteiger partial charge in [0.25, 0.3) is 0 Å². The Labute approximate surface area is 219 Å². The summed E-state index contributed by atoms with van der Waals surface area (Å²) in [6, 6.07) is 10.5. The van der Waals surface area contributed by atoms with E-state index in [1.54, 1.807) is 30.5 Å². The average molecular weight is 516 g/mol. The Hall–Kier alpha value is -4.25. The predicted molar refractivity (Wildman–Crippen MR) is 144 cm³/mol. The third-order valence-corrected chi connectivity index (χ3v) is 7.03. The molecule has 38 heavy (non-hydrogen) atoms. The fourth-order valence-corrected chi connectivity index (χ4v) is 4.95. The number of piperidine rings is 1. The molecular weight excluding hydrogens is 486 g/mol. The number of hydrogen-bond donors (Lipinski definition) is 2. The number of pyridine rings is 1. The van der Waals surface area contributed by atoms with Crippen LogP contribution in [0.2, 0.25) is 0 Å². The van der Waals surface area contributed by atoms with Crippen LogP contribution < -0.4 is 20.4 Å². The molecule has 0 unspecified atom stereocenters. The van der Waals surface area contributed by atoms with Crippen LogP contribution in [0.4, 0.5) is 22.2 Å². The Balaban J connectivity index is 1.16. The zero-order valence-corrected chi connectivity index (χ0v) is 21.1. The monoisotopic (exact) mass is 515 g/mol. The fourth-order valence-electron chi connectivity index (χ4n) is 4.95. The highest BCUT2D eigenvalue weighted by atomic mass is 16.5. The molecule has 0 aliphatic carbocycles. The number of urea groups is 1. The van der Waals surface area contributed by atoms with Crippen molar-refractivity contribution in [3.8, 4) is 0 Å². The summed E-state index contributed by atoms with van der Waals surface area (Å²) in [4.78, 5) is 42.6. The maximum absolute atomic E-state index is 12.6. The number of aromatic nitrogens is 3. The zero-order chi connectivity index (χ0) is 26.1. The van der Waals surface area contributed by atoms with Gasteiger partial charge in [-0.15, -0.1) is 0 Å².